The Labute approximate surface area is 171 Å². The quantitative estimate of drug-likeness (QED) is 0.368. The minimum atomic E-state index is 0. The van der Waals surface area contributed by atoms with E-state index in [1.807, 2.05) is 24.3 Å². The van der Waals surface area contributed by atoms with Crippen molar-refractivity contribution in [1.82, 2.24) is 15.6 Å². The Morgan fingerprint density at radius 2 is 2.12 bits per heavy atom. The molecule has 1 saturated carbocycles. The predicted octanol–water partition coefficient (Wildman–Crippen LogP) is 3.52. The molecule has 2 aromatic heterocycles. The van der Waals surface area contributed by atoms with Crippen molar-refractivity contribution < 1.29 is 9.15 Å². The van der Waals surface area contributed by atoms with E-state index in [2.05, 4.69) is 20.6 Å². The highest BCUT2D eigenvalue weighted by Crippen LogP contribution is 2.24. The lowest BCUT2D eigenvalue weighted by Gasteiger charge is -2.16. The molecule has 2 heterocycles. The molecule has 26 heavy (non-hydrogen) atoms. The zero-order chi connectivity index (χ0) is 17.3. The first-order chi connectivity index (χ1) is 12.3. The van der Waals surface area contributed by atoms with Crippen LogP contribution in [0.4, 0.5) is 0 Å². The molecule has 0 saturated heterocycles. The molecule has 7 heteroatoms. The maximum absolute atomic E-state index is 6.08. The van der Waals surface area contributed by atoms with Gasteiger partial charge in [0.25, 0.3) is 0 Å². The fourth-order valence-corrected chi connectivity index (χ4v) is 2.99. The van der Waals surface area contributed by atoms with Gasteiger partial charge in [-0.25, -0.2) is 4.98 Å². The number of hydrogen-bond donors (Lipinski definition) is 2. The third-order valence-corrected chi connectivity index (χ3v) is 4.34. The van der Waals surface area contributed by atoms with Crippen LogP contribution in [0.2, 0.25) is 0 Å². The molecule has 142 valence electrons. The van der Waals surface area contributed by atoms with Gasteiger partial charge in [0.2, 0.25) is 5.88 Å². The number of aliphatic imine (C=N–C) groups is 1. The number of furan rings is 1. The summed E-state index contributed by atoms with van der Waals surface area (Å²) < 4.78 is 11.4. The van der Waals surface area contributed by atoms with Crippen molar-refractivity contribution in [2.24, 2.45) is 4.99 Å². The number of nitrogens with one attached hydrogen (secondary N) is 2. The lowest BCUT2D eigenvalue weighted by Crippen LogP contribution is -2.38. The van der Waals surface area contributed by atoms with Crippen LogP contribution in [-0.4, -0.2) is 30.6 Å². The van der Waals surface area contributed by atoms with Crippen LogP contribution < -0.4 is 15.4 Å². The van der Waals surface area contributed by atoms with Gasteiger partial charge < -0.3 is 19.8 Å². The number of hydrogen-bond acceptors (Lipinski definition) is 4. The Morgan fingerprint density at radius 3 is 2.85 bits per heavy atom. The highest BCUT2D eigenvalue weighted by molar-refractivity contribution is 14.0. The summed E-state index contributed by atoms with van der Waals surface area (Å²) >= 11 is 0. The molecular weight excluding hydrogens is 443 g/mol. The zero-order valence-electron chi connectivity index (χ0n) is 15.1. The standard InChI is InChI=1S/C19H26N4O2.HI/c1-20-19(22-12-10-16-9-5-13-24-16)23-14-15-6-4-11-21-18(15)25-17-7-2-3-8-17;/h4-6,9,11,13,17H,2-3,7-8,10,12,14H2,1H3,(H2,20,22,23);1H. The molecule has 2 N–H and O–H groups in total. The van der Waals surface area contributed by atoms with Crippen molar-refractivity contribution in [1.29, 1.82) is 0 Å². The van der Waals surface area contributed by atoms with Crippen LogP contribution in [0.25, 0.3) is 0 Å². The SMILES string of the molecule is CN=C(NCCc1ccco1)NCc1cccnc1OC1CCCC1.I. The minimum Gasteiger partial charge on any atom is -0.474 e. The van der Waals surface area contributed by atoms with Crippen LogP contribution in [0.1, 0.15) is 37.0 Å². The van der Waals surface area contributed by atoms with Crippen LogP contribution in [0.3, 0.4) is 0 Å². The van der Waals surface area contributed by atoms with Crippen LogP contribution in [0.15, 0.2) is 46.1 Å². The second-order valence-corrected chi connectivity index (χ2v) is 6.17. The van der Waals surface area contributed by atoms with Crippen LogP contribution in [0.5, 0.6) is 5.88 Å². The maximum atomic E-state index is 6.08. The molecule has 0 radical (unpaired) electrons. The summed E-state index contributed by atoms with van der Waals surface area (Å²) in [4.78, 5) is 8.66. The summed E-state index contributed by atoms with van der Waals surface area (Å²) in [7, 11) is 1.77. The molecule has 6 nitrogen and oxygen atoms in total. The van der Waals surface area contributed by atoms with Gasteiger partial charge in [0.1, 0.15) is 11.9 Å². The monoisotopic (exact) mass is 470 g/mol. The molecule has 0 aromatic carbocycles. The summed E-state index contributed by atoms with van der Waals surface area (Å²) in [6.07, 6.45) is 9.34. The first kappa shape index (κ1) is 20.5. The predicted molar refractivity (Wildman–Crippen MR) is 113 cm³/mol. The van der Waals surface area contributed by atoms with E-state index in [-0.39, 0.29) is 24.0 Å². The number of halogens is 1. The molecule has 1 fully saturated rings. The molecule has 2 aromatic rings. The molecule has 0 aliphatic heterocycles. The van der Waals surface area contributed by atoms with Gasteiger partial charge in [0.15, 0.2) is 5.96 Å². The largest absolute Gasteiger partial charge is 0.474 e. The number of nitrogens with zero attached hydrogens (tertiary/aromatic N) is 2. The van der Waals surface area contributed by atoms with Gasteiger partial charge in [-0.05, 0) is 43.9 Å². The summed E-state index contributed by atoms with van der Waals surface area (Å²) in [6, 6.07) is 7.85. The second-order valence-electron chi connectivity index (χ2n) is 6.17. The van der Waals surface area contributed by atoms with Crippen molar-refractivity contribution in [3.05, 3.63) is 48.0 Å². The fourth-order valence-electron chi connectivity index (χ4n) is 2.99. The molecule has 0 unspecified atom stereocenters. The number of guanidine groups is 1. The summed E-state index contributed by atoms with van der Waals surface area (Å²) in [5.74, 6) is 2.44. The van der Waals surface area contributed by atoms with Gasteiger partial charge in [0, 0.05) is 38.3 Å². The molecule has 0 amide bonds. The van der Waals surface area contributed by atoms with Crippen molar-refractivity contribution in [3.63, 3.8) is 0 Å². The van der Waals surface area contributed by atoms with E-state index in [1.54, 1.807) is 19.5 Å². The first-order valence-electron chi connectivity index (χ1n) is 8.92. The lowest BCUT2D eigenvalue weighted by atomic mass is 10.2. The average molecular weight is 470 g/mol. The fraction of sp³-hybridized carbons (Fsp3) is 0.474. The minimum absolute atomic E-state index is 0. The highest BCUT2D eigenvalue weighted by Gasteiger charge is 2.18. The van der Waals surface area contributed by atoms with Gasteiger partial charge in [-0.2, -0.15) is 0 Å². The van der Waals surface area contributed by atoms with Gasteiger partial charge >= 0.3 is 0 Å². The smallest absolute Gasteiger partial charge is 0.218 e. The summed E-state index contributed by atoms with van der Waals surface area (Å²) in [6.45, 7) is 1.38. The third kappa shape index (κ3) is 6.19. The number of pyridine rings is 1. The molecular formula is C19H27IN4O2. The Hall–Kier alpha value is -1.77. The lowest BCUT2D eigenvalue weighted by molar-refractivity contribution is 0.199. The topological polar surface area (TPSA) is 71.7 Å². The summed E-state index contributed by atoms with van der Waals surface area (Å²) in [5.41, 5.74) is 1.04. The van der Waals surface area contributed by atoms with E-state index < -0.39 is 0 Å². The van der Waals surface area contributed by atoms with Gasteiger partial charge in [0.05, 0.1) is 6.26 Å². The number of ether oxygens (including phenoxy) is 1. The normalized spacial score (nSPS) is 14.7. The molecule has 3 rings (SSSR count). The zero-order valence-corrected chi connectivity index (χ0v) is 17.4. The Kier molecular flexibility index (Phi) is 8.73. The molecule has 0 atom stereocenters. The molecule has 1 aliphatic carbocycles. The third-order valence-electron chi connectivity index (χ3n) is 4.34. The van der Waals surface area contributed by atoms with E-state index >= 15 is 0 Å². The van der Waals surface area contributed by atoms with E-state index in [9.17, 15) is 0 Å². The number of rotatable bonds is 7. The molecule has 1 aliphatic rings. The highest BCUT2D eigenvalue weighted by atomic mass is 127. The Bertz CT molecular complexity index is 670. The van der Waals surface area contributed by atoms with Gasteiger partial charge in [-0.1, -0.05) is 6.07 Å². The molecule has 0 bridgehead atoms. The van der Waals surface area contributed by atoms with Gasteiger partial charge in [-0.15, -0.1) is 24.0 Å². The average Bonchev–Trinajstić information content (AvgIpc) is 3.33. The van der Waals surface area contributed by atoms with Crippen LogP contribution in [0, 0.1) is 0 Å². The van der Waals surface area contributed by atoms with E-state index in [0.717, 1.165) is 49.0 Å². The van der Waals surface area contributed by atoms with Crippen molar-refractivity contribution in [2.45, 2.75) is 44.8 Å². The first-order valence-corrected chi connectivity index (χ1v) is 8.92. The Balaban J connectivity index is 0.00000243. The van der Waals surface area contributed by atoms with Crippen molar-refractivity contribution >= 4 is 29.9 Å². The van der Waals surface area contributed by atoms with E-state index in [0.29, 0.717) is 12.6 Å². The van der Waals surface area contributed by atoms with Crippen molar-refractivity contribution in [2.75, 3.05) is 13.6 Å². The van der Waals surface area contributed by atoms with Crippen LogP contribution in [-0.2, 0) is 13.0 Å². The van der Waals surface area contributed by atoms with Gasteiger partial charge in [-0.3, -0.25) is 4.99 Å². The molecule has 0 spiro atoms. The second kappa shape index (κ2) is 11.1. The summed E-state index contributed by atoms with van der Waals surface area (Å²) in [5, 5.41) is 6.61. The number of aromatic nitrogens is 1. The Morgan fingerprint density at radius 1 is 1.27 bits per heavy atom. The van der Waals surface area contributed by atoms with Crippen molar-refractivity contribution in [3.8, 4) is 5.88 Å². The van der Waals surface area contributed by atoms with E-state index in [1.165, 1.54) is 12.8 Å². The van der Waals surface area contributed by atoms with Crippen LogP contribution >= 0.6 is 24.0 Å². The van der Waals surface area contributed by atoms with E-state index in [4.69, 9.17) is 9.15 Å². The maximum Gasteiger partial charge on any atom is 0.218 e.